The summed E-state index contributed by atoms with van der Waals surface area (Å²) >= 11 is 6.25. The fourth-order valence-corrected chi connectivity index (χ4v) is 5.26. The smallest absolute Gasteiger partial charge is 0.244 e. The third-order valence-electron chi connectivity index (χ3n) is 4.18. The van der Waals surface area contributed by atoms with Gasteiger partial charge in [-0.25, -0.2) is 8.42 Å². The number of ether oxygens (including phenoxy) is 2. The average molecular weight is 413 g/mol. The Kier molecular flexibility index (Phi) is 8.77. The molecule has 0 bridgehead atoms. The molecule has 0 amide bonds. The molecule has 0 aliphatic carbocycles. The zero-order valence-electron chi connectivity index (χ0n) is 14.7. The number of hydrogen-bond donors (Lipinski definition) is 1. The van der Waals surface area contributed by atoms with Crippen LogP contribution in [-0.2, 0) is 10.0 Å². The van der Waals surface area contributed by atoms with Gasteiger partial charge in [-0.05, 0) is 32.4 Å². The van der Waals surface area contributed by atoms with E-state index in [2.05, 4.69) is 5.32 Å². The highest BCUT2D eigenvalue weighted by molar-refractivity contribution is 7.89. The number of hydrogen-bond acceptors (Lipinski definition) is 5. The van der Waals surface area contributed by atoms with Crippen molar-refractivity contribution in [1.82, 2.24) is 9.62 Å². The SMILES string of the molecule is CCCN(C1CCNCC1)S(=O)(=O)c1cc(OC)c(OC)cc1Cl.Cl. The number of sulfonamides is 1. The minimum Gasteiger partial charge on any atom is -0.493 e. The lowest BCUT2D eigenvalue weighted by molar-refractivity contribution is 0.262. The van der Waals surface area contributed by atoms with Crippen LogP contribution in [0, 0.1) is 0 Å². The van der Waals surface area contributed by atoms with Crippen LogP contribution >= 0.6 is 24.0 Å². The first-order chi connectivity index (χ1) is 11.5. The Bertz CT molecular complexity index is 664. The molecule has 1 N–H and O–H groups in total. The van der Waals surface area contributed by atoms with Crippen LogP contribution in [0.5, 0.6) is 11.5 Å². The van der Waals surface area contributed by atoms with E-state index in [0.29, 0.717) is 18.0 Å². The molecular weight excluding hydrogens is 387 g/mol. The topological polar surface area (TPSA) is 67.9 Å². The summed E-state index contributed by atoms with van der Waals surface area (Å²) < 4.78 is 38.5. The first-order valence-corrected chi connectivity index (χ1v) is 9.91. The summed E-state index contributed by atoms with van der Waals surface area (Å²) in [6, 6.07) is 2.92. The van der Waals surface area contributed by atoms with E-state index >= 15 is 0 Å². The Labute approximate surface area is 161 Å². The maximum atomic E-state index is 13.2. The van der Waals surface area contributed by atoms with Crippen LogP contribution in [0.4, 0.5) is 0 Å². The number of rotatable bonds is 7. The first-order valence-electron chi connectivity index (χ1n) is 8.09. The molecule has 1 saturated heterocycles. The van der Waals surface area contributed by atoms with Crippen molar-refractivity contribution in [2.24, 2.45) is 0 Å². The minimum atomic E-state index is -3.71. The van der Waals surface area contributed by atoms with Crippen molar-refractivity contribution in [3.05, 3.63) is 17.2 Å². The van der Waals surface area contributed by atoms with Gasteiger partial charge in [-0.2, -0.15) is 4.31 Å². The molecule has 6 nitrogen and oxygen atoms in total. The molecule has 0 unspecified atom stereocenters. The van der Waals surface area contributed by atoms with E-state index in [1.54, 1.807) is 4.31 Å². The van der Waals surface area contributed by atoms with E-state index in [-0.39, 0.29) is 28.4 Å². The molecular formula is C16H26Cl2N2O4S. The Hall–Kier alpha value is -0.730. The summed E-state index contributed by atoms with van der Waals surface area (Å²) in [4.78, 5) is 0.0637. The lowest BCUT2D eigenvalue weighted by Crippen LogP contribution is -2.46. The van der Waals surface area contributed by atoms with Crippen molar-refractivity contribution in [2.75, 3.05) is 33.9 Å². The molecule has 1 aromatic carbocycles. The molecule has 25 heavy (non-hydrogen) atoms. The van der Waals surface area contributed by atoms with Gasteiger partial charge in [0.2, 0.25) is 10.0 Å². The number of nitrogens with zero attached hydrogens (tertiary/aromatic N) is 1. The van der Waals surface area contributed by atoms with Gasteiger partial charge in [-0.15, -0.1) is 12.4 Å². The monoisotopic (exact) mass is 412 g/mol. The predicted molar refractivity (Wildman–Crippen MR) is 102 cm³/mol. The quantitative estimate of drug-likeness (QED) is 0.745. The van der Waals surface area contributed by atoms with Crippen LogP contribution in [-0.4, -0.2) is 52.6 Å². The molecule has 0 radical (unpaired) electrons. The normalized spacial score (nSPS) is 15.7. The van der Waals surface area contributed by atoms with Gasteiger partial charge in [0.15, 0.2) is 11.5 Å². The van der Waals surface area contributed by atoms with Crippen LogP contribution in [0.1, 0.15) is 26.2 Å². The molecule has 1 aliphatic rings. The van der Waals surface area contributed by atoms with Gasteiger partial charge in [0, 0.05) is 24.7 Å². The lowest BCUT2D eigenvalue weighted by atomic mass is 10.1. The summed E-state index contributed by atoms with van der Waals surface area (Å²) in [5, 5.41) is 3.40. The molecule has 0 spiro atoms. The maximum absolute atomic E-state index is 13.2. The molecule has 9 heteroatoms. The molecule has 1 aromatic rings. The molecule has 0 atom stereocenters. The number of nitrogens with one attached hydrogen (secondary N) is 1. The highest BCUT2D eigenvalue weighted by Gasteiger charge is 2.33. The summed E-state index contributed by atoms with van der Waals surface area (Å²) in [5.41, 5.74) is 0. The Morgan fingerprint density at radius 3 is 2.28 bits per heavy atom. The Morgan fingerprint density at radius 2 is 1.76 bits per heavy atom. The van der Waals surface area contributed by atoms with Crippen LogP contribution in [0.15, 0.2) is 17.0 Å². The third kappa shape index (κ3) is 4.92. The molecule has 1 fully saturated rings. The van der Waals surface area contributed by atoms with Gasteiger partial charge in [-0.1, -0.05) is 18.5 Å². The zero-order chi connectivity index (χ0) is 17.7. The van der Waals surface area contributed by atoms with Gasteiger partial charge >= 0.3 is 0 Å². The van der Waals surface area contributed by atoms with Crippen molar-refractivity contribution >= 4 is 34.0 Å². The lowest BCUT2D eigenvalue weighted by Gasteiger charge is -2.33. The maximum Gasteiger partial charge on any atom is 0.244 e. The van der Waals surface area contributed by atoms with Crippen LogP contribution in [0.2, 0.25) is 5.02 Å². The summed E-state index contributed by atoms with van der Waals surface area (Å²) in [6.07, 6.45) is 2.34. The number of halogens is 2. The highest BCUT2D eigenvalue weighted by atomic mass is 35.5. The van der Waals surface area contributed by atoms with Crippen molar-refractivity contribution in [3.8, 4) is 11.5 Å². The molecule has 1 aliphatic heterocycles. The fraction of sp³-hybridized carbons (Fsp3) is 0.625. The van der Waals surface area contributed by atoms with Gasteiger partial charge in [0.05, 0.1) is 19.2 Å². The van der Waals surface area contributed by atoms with Crippen molar-refractivity contribution in [2.45, 2.75) is 37.1 Å². The van der Waals surface area contributed by atoms with E-state index in [4.69, 9.17) is 21.1 Å². The van der Waals surface area contributed by atoms with Crippen LogP contribution in [0.3, 0.4) is 0 Å². The standard InChI is InChI=1S/C16H25ClN2O4S.ClH/c1-4-9-19(12-5-7-18-8-6-12)24(20,21)16-11-15(23-3)14(22-2)10-13(16)17;/h10-12,18H,4-9H2,1-3H3;1H. The second-order valence-electron chi connectivity index (χ2n) is 5.73. The second-order valence-corrected chi connectivity index (χ2v) is 8.00. The van der Waals surface area contributed by atoms with E-state index < -0.39 is 10.0 Å². The number of methoxy groups -OCH3 is 2. The summed E-state index contributed by atoms with van der Waals surface area (Å²) in [6.45, 7) is 4.08. The number of piperidine rings is 1. The van der Waals surface area contributed by atoms with Gasteiger partial charge in [0.1, 0.15) is 4.90 Å². The van der Waals surface area contributed by atoms with Gasteiger partial charge in [0.25, 0.3) is 0 Å². The Balaban J connectivity index is 0.00000312. The Morgan fingerprint density at radius 1 is 1.20 bits per heavy atom. The largest absolute Gasteiger partial charge is 0.493 e. The van der Waals surface area contributed by atoms with Gasteiger partial charge in [-0.3, -0.25) is 0 Å². The second kappa shape index (κ2) is 9.83. The van der Waals surface area contributed by atoms with Crippen molar-refractivity contribution in [1.29, 1.82) is 0 Å². The van der Waals surface area contributed by atoms with E-state index in [1.807, 2.05) is 6.92 Å². The summed E-state index contributed by atoms with van der Waals surface area (Å²) in [5.74, 6) is 0.757. The summed E-state index contributed by atoms with van der Waals surface area (Å²) in [7, 11) is -0.755. The minimum absolute atomic E-state index is 0. The third-order valence-corrected chi connectivity index (χ3v) is 6.60. The predicted octanol–water partition coefficient (Wildman–Crippen LogP) is 2.93. The van der Waals surface area contributed by atoms with Crippen molar-refractivity contribution < 1.29 is 17.9 Å². The highest BCUT2D eigenvalue weighted by Crippen LogP contribution is 2.37. The van der Waals surface area contributed by atoms with Crippen molar-refractivity contribution in [3.63, 3.8) is 0 Å². The van der Waals surface area contributed by atoms with E-state index in [0.717, 1.165) is 32.4 Å². The molecule has 1 heterocycles. The first kappa shape index (κ1) is 22.3. The van der Waals surface area contributed by atoms with Crippen LogP contribution < -0.4 is 14.8 Å². The van der Waals surface area contributed by atoms with E-state index in [1.165, 1.54) is 26.4 Å². The molecule has 2 rings (SSSR count). The van der Waals surface area contributed by atoms with Crippen LogP contribution in [0.25, 0.3) is 0 Å². The molecule has 0 saturated carbocycles. The van der Waals surface area contributed by atoms with Gasteiger partial charge < -0.3 is 14.8 Å². The zero-order valence-corrected chi connectivity index (χ0v) is 17.1. The van der Waals surface area contributed by atoms with E-state index in [9.17, 15) is 8.42 Å². The fourth-order valence-electron chi connectivity index (χ4n) is 2.97. The molecule has 144 valence electrons. The average Bonchev–Trinajstić information content (AvgIpc) is 2.59. The molecule has 0 aromatic heterocycles. The number of benzene rings is 1.